The number of carbonyl (C=O) groups excluding carboxylic acids is 1. The van der Waals surface area contributed by atoms with Gasteiger partial charge in [0.2, 0.25) is 5.91 Å². The average Bonchev–Trinajstić information content (AvgIpc) is 2.47. The summed E-state index contributed by atoms with van der Waals surface area (Å²) in [7, 11) is 0. The molecule has 104 valence electrons. The zero-order chi connectivity index (χ0) is 14.5. The second-order valence-electron chi connectivity index (χ2n) is 4.67. The molecule has 0 aromatic heterocycles. The fourth-order valence-electron chi connectivity index (χ4n) is 2.07. The maximum Gasteiger partial charge on any atom is 0.248 e. The lowest BCUT2D eigenvalue weighted by molar-refractivity contribution is 0.100. The van der Waals surface area contributed by atoms with Crippen LogP contribution in [-0.2, 0) is 6.54 Å². The Labute approximate surface area is 119 Å². The van der Waals surface area contributed by atoms with Gasteiger partial charge in [-0.15, -0.1) is 0 Å². The van der Waals surface area contributed by atoms with Gasteiger partial charge in [-0.05, 0) is 48.9 Å². The summed E-state index contributed by atoms with van der Waals surface area (Å²) >= 11 is 0. The summed E-state index contributed by atoms with van der Waals surface area (Å²) in [5.74, 6) is -0.405. The van der Waals surface area contributed by atoms with E-state index in [9.17, 15) is 4.79 Å². The molecular formula is C16H19N3O. The van der Waals surface area contributed by atoms with Gasteiger partial charge in [-0.25, -0.2) is 0 Å². The van der Waals surface area contributed by atoms with Crippen LogP contribution in [0.15, 0.2) is 48.5 Å². The number of primary amides is 1. The maximum atomic E-state index is 11.1. The molecule has 0 unspecified atom stereocenters. The largest absolute Gasteiger partial charge is 0.399 e. The highest BCUT2D eigenvalue weighted by Crippen LogP contribution is 2.18. The minimum absolute atomic E-state index is 0.405. The quantitative estimate of drug-likeness (QED) is 0.819. The van der Waals surface area contributed by atoms with E-state index in [1.54, 1.807) is 12.1 Å². The van der Waals surface area contributed by atoms with Crippen LogP contribution in [0.3, 0.4) is 0 Å². The number of hydrogen-bond acceptors (Lipinski definition) is 3. The smallest absolute Gasteiger partial charge is 0.248 e. The number of benzene rings is 2. The Bertz CT molecular complexity index is 576. The van der Waals surface area contributed by atoms with Crippen molar-refractivity contribution in [2.24, 2.45) is 5.73 Å². The van der Waals surface area contributed by atoms with Gasteiger partial charge in [-0.1, -0.05) is 12.1 Å². The normalized spacial score (nSPS) is 10.2. The van der Waals surface area contributed by atoms with E-state index < -0.39 is 5.91 Å². The number of rotatable bonds is 5. The minimum atomic E-state index is -0.405. The van der Waals surface area contributed by atoms with Gasteiger partial charge < -0.3 is 16.4 Å². The van der Waals surface area contributed by atoms with Crippen molar-refractivity contribution in [1.82, 2.24) is 0 Å². The predicted molar refractivity (Wildman–Crippen MR) is 82.5 cm³/mol. The van der Waals surface area contributed by atoms with Gasteiger partial charge in [-0.2, -0.15) is 0 Å². The van der Waals surface area contributed by atoms with Crippen LogP contribution in [0.2, 0.25) is 0 Å². The second kappa shape index (κ2) is 6.10. The molecule has 2 aromatic rings. The monoisotopic (exact) mass is 269 g/mol. The number of nitrogens with two attached hydrogens (primary N) is 2. The molecule has 0 spiro atoms. The van der Waals surface area contributed by atoms with E-state index in [1.165, 1.54) is 5.56 Å². The first-order valence-corrected chi connectivity index (χ1v) is 6.59. The topological polar surface area (TPSA) is 72.3 Å². The van der Waals surface area contributed by atoms with E-state index >= 15 is 0 Å². The summed E-state index contributed by atoms with van der Waals surface area (Å²) in [5.41, 5.74) is 14.5. The zero-order valence-electron chi connectivity index (χ0n) is 11.5. The summed E-state index contributed by atoms with van der Waals surface area (Å²) in [6.07, 6.45) is 0. The van der Waals surface area contributed by atoms with Crippen LogP contribution in [0.25, 0.3) is 0 Å². The molecule has 2 aromatic carbocycles. The number of anilines is 2. The Balaban J connectivity index is 2.15. The predicted octanol–water partition coefficient (Wildman–Crippen LogP) is 2.39. The number of nitrogen functional groups attached to an aromatic ring is 1. The van der Waals surface area contributed by atoms with E-state index in [0.717, 1.165) is 24.5 Å². The minimum Gasteiger partial charge on any atom is -0.399 e. The molecule has 2 rings (SSSR count). The molecule has 0 fully saturated rings. The number of amides is 1. The number of nitrogens with zero attached hydrogens (tertiary/aromatic N) is 1. The Hall–Kier alpha value is -2.49. The molecule has 1 amide bonds. The van der Waals surface area contributed by atoms with Crippen molar-refractivity contribution in [2.75, 3.05) is 17.2 Å². The zero-order valence-corrected chi connectivity index (χ0v) is 11.5. The summed E-state index contributed by atoms with van der Waals surface area (Å²) in [6.45, 7) is 3.77. The van der Waals surface area contributed by atoms with Crippen LogP contribution in [0, 0.1) is 0 Å². The van der Waals surface area contributed by atoms with Gasteiger partial charge >= 0.3 is 0 Å². The van der Waals surface area contributed by atoms with Crippen LogP contribution in [-0.4, -0.2) is 12.5 Å². The Morgan fingerprint density at radius 1 is 1.05 bits per heavy atom. The third kappa shape index (κ3) is 3.29. The molecule has 0 aliphatic rings. The molecule has 0 radical (unpaired) electrons. The molecule has 0 heterocycles. The van der Waals surface area contributed by atoms with Crippen molar-refractivity contribution in [3.05, 3.63) is 59.7 Å². The van der Waals surface area contributed by atoms with E-state index in [2.05, 4.69) is 11.8 Å². The van der Waals surface area contributed by atoms with Crippen LogP contribution < -0.4 is 16.4 Å². The summed E-state index contributed by atoms with van der Waals surface area (Å²) in [5, 5.41) is 0. The number of hydrogen-bond donors (Lipinski definition) is 2. The van der Waals surface area contributed by atoms with Gasteiger partial charge in [0.15, 0.2) is 0 Å². The molecule has 20 heavy (non-hydrogen) atoms. The SMILES string of the molecule is CCN(Cc1ccc(N)cc1)c1ccc(C(N)=O)cc1. The van der Waals surface area contributed by atoms with Gasteiger partial charge in [0.25, 0.3) is 0 Å². The van der Waals surface area contributed by atoms with Crippen molar-refractivity contribution in [3.8, 4) is 0 Å². The van der Waals surface area contributed by atoms with Crippen molar-refractivity contribution >= 4 is 17.3 Å². The first kappa shape index (κ1) is 13.9. The van der Waals surface area contributed by atoms with Gasteiger partial charge in [0, 0.05) is 30.0 Å². The molecule has 0 saturated carbocycles. The fraction of sp³-hybridized carbons (Fsp3) is 0.188. The van der Waals surface area contributed by atoms with Crippen LogP contribution in [0.5, 0.6) is 0 Å². The van der Waals surface area contributed by atoms with Crippen LogP contribution in [0.1, 0.15) is 22.8 Å². The molecule has 0 atom stereocenters. The molecular weight excluding hydrogens is 250 g/mol. The molecule has 4 N–H and O–H groups in total. The van der Waals surface area contributed by atoms with Gasteiger partial charge in [0.1, 0.15) is 0 Å². The van der Waals surface area contributed by atoms with Crippen molar-refractivity contribution in [1.29, 1.82) is 0 Å². The average molecular weight is 269 g/mol. The third-order valence-electron chi connectivity index (χ3n) is 3.25. The molecule has 0 aliphatic heterocycles. The summed E-state index contributed by atoms with van der Waals surface area (Å²) < 4.78 is 0. The first-order valence-electron chi connectivity index (χ1n) is 6.59. The van der Waals surface area contributed by atoms with E-state index in [4.69, 9.17) is 11.5 Å². The fourth-order valence-corrected chi connectivity index (χ4v) is 2.07. The summed E-state index contributed by atoms with van der Waals surface area (Å²) in [6, 6.07) is 15.2. The van der Waals surface area contributed by atoms with Gasteiger partial charge in [0.05, 0.1) is 0 Å². The summed E-state index contributed by atoms with van der Waals surface area (Å²) in [4.78, 5) is 13.3. The van der Waals surface area contributed by atoms with Crippen LogP contribution in [0.4, 0.5) is 11.4 Å². The number of carbonyl (C=O) groups is 1. The first-order chi connectivity index (χ1) is 9.60. The standard InChI is InChI=1S/C16H19N3O/c1-2-19(11-12-3-7-14(17)8-4-12)15-9-5-13(6-10-15)16(18)20/h3-10H,2,11,17H2,1H3,(H2,18,20). The lowest BCUT2D eigenvalue weighted by atomic mass is 10.1. The highest BCUT2D eigenvalue weighted by Gasteiger charge is 2.06. The van der Waals surface area contributed by atoms with Gasteiger partial charge in [-0.3, -0.25) is 4.79 Å². The van der Waals surface area contributed by atoms with E-state index in [-0.39, 0.29) is 0 Å². The molecule has 4 nitrogen and oxygen atoms in total. The second-order valence-corrected chi connectivity index (χ2v) is 4.67. The Kier molecular flexibility index (Phi) is 4.25. The third-order valence-corrected chi connectivity index (χ3v) is 3.25. The Morgan fingerprint density at radius 3 is 2.15 bits per heavy atom. The van der Waals surface area contributed by atoms with Crippen LogP contribution >= 0.6 is 0 Å². The maximum absolute atomic E-state index is 11.1. The molecule has 0 saturated heterocycles. The van der Waals surface area contributed by atoms with Crippen molar-refractivity contribution in [2.45, 2.75) is 13.5 Å². The van der Waals surface area contributed by atoms with E-state index in [1.807, 2.05) is 36.4 Å². The highest BCUT2D eigenvalue weighted by atomic mass is 16.1. The molecule has 4 heteroatoms. The van der Waals surface area contributed by atoms with Crippen molar-refractivity contribution in [3.63, 3.8) is 0 Å². The van der Waals surface area contributed by atoms with E-state index in [0.29, 0.717) is 5.56 Å². The lowest BCUT2D eigenvalue weighted by Gasteiger charge is -2.23. The van der Waals surface area contributed by atoms with Crippen molar-refractivity contribution < 1.29 is 4.79 Å². The highest BCUT2D eigenvalue weighted by molar-refractivity contribution is 5.93. The molecule has 0 aliphatic carbocycles. The Morgan fingerprint density at radius 2 is 1.65 bits per heavy atom. The molecule has 0 bridgehead atoms. The lowest BCUT2D eigenvalue weighted by Crippen LogP contribution is -2.22.